The monoisotopic (exact) mass is 251 g/mol. The van der Waals surface area contributed by atoms with Crippen molar-refractivity contribution >= 4 is 15.9 Å². The van der Waals surface area contributed by atoms with Crippen LogP contribution in [0.1, 0.15) is 11.3 Å². The molecular formula is C11H10BrNO. The molecule has 0 saturated carbocycles. The minimum absolute atomic E-state index is 0.534. The van der Waals surface area contributed by atoms with Gasteiger partial charge in [-0.3, -0.25) is 0 Å². The molecular weight excluding hydrogens is 242 g/mol. The number of hydrogen-bond acceptors (Lipinski definition) is 2. The van der Waals surface area contributed by atoms with Gasteiger partial charge in [-0.25, -0.2) is 4.98 Å². The predicted molar refractivity (Wildman–Crippen MR) is 59.1 cm³/mol. The van der Waals surface area contributed by atoms with Crippen LogP contribution in [-0.2, 0) is 0 Å². The molecule has 0 N–H and O–H groups in total. The maximum absolute atomic E-state index is 5.46. The second-order valence-corrected chi connectivity index (χ2v) is 3.93. The number of benzene rings is 1. The van der Waals surface area contributed by atoms with Crippen molar-refractivity contribution in [2.24, 2.45) is 0 Å². The summed E-state index contributed by atoms with van der Waals surface area (Å²) in [6.45, 7) is 4.00. The number of nitrogens with zero attached hydrogens (tertiary/aromatic N) is 1. The van der Waals surface area contributed by atoms with Crippen LogP contribution in [0.4, 0.5) is 0 Å². The molecule has 0 bridgehead atoms. The predicted octanol–water partition coefficient (Wildman–Crippen LogP) is 3.72. The van der Waals surface area contributed by atoms with E-state index in [1.165, 1.54) is 5.56 Å². The summed E-state index contributed by atoms with van der Waals surface area (Å²) < 4.78 is 5.46. The van der Waals surface area contributed by atoms with E-state index in [9.17, 15) is 0 Å². The molecule has 0 fully saturated rings. The van der Waals surface area contributed by atoms with Gasteiger partial charge in [0.15, 0.2) is 5.76 Å². The summed E-state index contributed by atoms with van der Waals surface area (Å²) in [5.74, 6) is 0.834. The largest absolute Gasteiger partial charge is 0.431 e. The van der Waals surface area contributed by atoms with E-state index in [1.807, 2.05) is 19.1 Å². The molecule has 14 heavy (non-hydrogen) atoms. The lowest BCUT2D eigenvalue weighted by atomic mass is 10.1. The summed E-state index contributed by atoms with van der Waals surface area (Å²) in [6, 6.07) is 8.18. The quantitative estimate of drug-likeness (QED) is 0.773. The molecule has 72 valence electrons. The van der Waals surface area contributed by atoms with E-state index in [2.05, 4.69) is 40.0 Å². The van der Waals surface area contributed by atoms with Crippen LogP contribution in [0.15, 0.2) is 33.5 Å². The molecule has 1 heterocycles. The lowest BCUT2D eigenvalue weighted by molar-refractivity contribution is 0.542. The molecule has 0 saturated heterocycles. The zero-order valence-corrected chi connectivity index (χ0v) is 9.63. The van der Waals surface area contributed by atoms with Crippen LogP contribution >= 0.6 is 15.9 Å². The number of oxazole rings is 1. The summed E-state index contributed by atoms with van der Waals surface area (Å²) in [5, 5.41) is 0. The summed E-state index contributed by atoms with van der Waals surface area (Å²) >= 11 is 3.22. The first-order chi connectivity index (χ1) is 6.66. The second-order valence-electron chi connectivity index (χ2n) is 3.25. The second kappa shape index (κ2) is 3.58. The summed E-state index contributed by atoms with van der Waals surface area (Å²) in [6.07, 6.45) is 0. The highest BCUT2D eigenvalue weighted by molar-refractivity contribution is 9.10. The van der Waals surface area contributed by atoms with Crippen LogP contribution in [0.5, 0.6) is 0 Å². The van der Waals surface area contributed by atoms with Gasteiger partial charge < -0.3 is 4.42 Å². The Labute approximate surface area is 91.1 Å². The first-order valence-corrected chi connectivity index (χ1v) is 5.16. The minimum atomic E-state index is 0.534. The smallest absolute Gasteiger partial charge is 0.264 e. The molecule has 0 radical (unpaired) electrons. The van der Waals surface area contributed by atoms with E-state index >= 15 is 0 Å². The first kappa shape index (κ1) is 9.46. The number of rotatable bonds is 1. The molecule has 2 aromatic rings. The van der Waals surface area contributed by atoms with Crippen molar-refractivity contribution in [3.63, 3.8) is 0 Å². The maximum Gasteiger partial charge on any atom is 0.264 e. The fourth-order valence-corrected chi connectivity index (χ4v) is 1.85. The molecule has 0 aliphatic heterocycles. The number of hydrogen-bond donors (Lipinski definition) is 0. The topological polar surface area (TPSA) is 26.0 Å². The molecule has 0 atom stereocenters. The summed E-state index contributed by atoms with van der Waals surface area (Å²) in [7, 11) is 0. The van der Waals surface area contributed by atoms with Crippen molar-refractivity contribution in [2.75, 3.05) is 0 Å². The third kappa shape index (κ3) is 1.73. The number of aryl methyl sites for hydroxylation is 2. The lowest BCUT2D eigenvalue weighted by Gasteiger charge is -1.98. The number of halogens is 1. The highest BCUT2D eigenvalue weighted by Gasteiger charge is 2.09. The molecule has 0 spiro atoms. The van der Waals surface area contributed by atoms with Crippen LogP contribution in [0, 0.1) is 13.8 Å². The molecule has 3 heteroatoms. The Kier molecular flexibility index (Phi) is 2.42. The molecule has 2 rings (SSSR count). The van der Waals surface area contributed by atoms with Crippen molar-refractivity contribution in [2.45, 2.75) is 13.8 Å². The zero-order valence-electron chi connectivity index (χ0n) is 8.04. The SMILES string of the molecule is Cc1cccc(-c2oc(Br)nc2C)c1. The Morgan fingerprint density at radius 3 is 2.64 bits per heavy atom. The third-order valence-electron chi connectivity index (χ3n) is 2.05. The van der Waals surface area contributed by atoms with Gasteiger partial charge in [-0.1, -0.05) is 23.8 Å². The van der Waals surface area contributed by atoms with Crippen molar-refractivity contribution < 1.29 is 4.42 Å². The van der Waals surface area contributed by atoms with Gasteiger partial charge in [0.1, 0.15) is 0 Å². The molecule has 1 aromatic carbocycles. The highest BCUT2D eigenvalue weighted by Crippen LogP contribution is 2.26. The minimum Gasteiger partial charge on any atom is -0.431 e. The normalized spacial score (nSPS) is 10.5. The average Bonchev–Trinajstić information content (AvgIpc) is 2.45. The van der Waals surface area contributed by atoms with Gasteiger partial charge in [-0.15, -0.1) is 0 Å². The maximum atomic E-state index is 5.46. The Bertz CT molecular complexity index is 462. The van der Waals surface area contributed by atoms with Gasteiger partial charge in [0.05, 0.1) is 5.69 Å². The van der Waals surface area contributed by atoms with E-state index < -0.39 is 0 Å². The Balaban J connectivity index is 2.54. The van der Waals surface area contributed by atoms with Gasteiger partial charge in [0.2, 0.25) is 0 Å². The summed E-state index contributed by atoms with van der Waals surface area (Å²) in [5.41, 5.74) is 3.19. The van der Waals surface area contributed by atoms with Crippen molar-refractivity contribution in [3.8, 4) is 11.3 Å². The zero-order chi connectivity index (χ0) is 10.1. The molecule has 0 aliphatic carbocycles. The molecule has 0 aliphatic rings. The Hall–Kier alpha value is -1.09. The Morgan fingerprint density at radius 2 is 2.07 bits per heavy atom. The van der Waals surface area contributed by atoms with Crippen LogP contribution in [0.25, 0.3) is 11.3 Å². The van der Waals surface area contributed by atoms with Crippen LogP contribution in [-0.4, -0.2) is 4.98 Å². The van der Waals surface area contributed by atoms with Gasteiger partial charge in [-0.2, -0.15) is 0 Å². The van der Waals surface area contributed by atoms with E-state index in [-0.39, 0.29) is 0 Å². The molecule has 0 unspecified atom stereocenters. The third-order valence-corrected chi connectivity index (χ3v) is 2.39. The standard InChI is InChI=1S/C11H10BrNO/c1-7-4-3-5-9(6-7)10-8(2)13-11(12)14-10/h3-6H,1-2H3. The lowest BCUT2D eigenvalue weighted by Crippen LogP contribution is -1.79. The molecule has 2 nitrogen and oxygen atoms in total. The molecule has 1 aromatic heterocycles. The number of aromatic nitrogens is 1. The van der Waals surface area contributed by atoms with Gasteiger partial charge >= 0.3 is 0 Å². The van der Waals surface area contributed by atoms with Crippen LogP contribution in [0.2, 0.25) is 0 Å². The van der Waals surface area contributed by atoms with Crippen molar-refractivity contribution in [3.05, 3.63) is 40.3 Å². The highest BCUT2D eigenvalue weighted by atomic mass is 79.9. The fourth-order valence-electron chi connectivity index (χ4n) is 1.42. The van der Waals surface area contributed by atoms with Gasteiger partial charge in [0, 0.05) is 21.5 Å². The molecule has 0 amide bonds. The summed E-state index contributed by atoms with van der Waals surface area (Å²) in [4.78, 5) is 4.70. The van der Waals surface area contributed by atoms with Crippen molar-refractivity contribution in [1.82, 2.24) is 4.98 Å². The van der Waals surface area contributed by atoms with Crippen molar-refractivity contribution in [1.29, 1.82) is 0 Å². The van der Waals surface area contributed by atoms with E-state index in [0.717, 1.165) is 17.0 Å². The van der Waals surface area contributed by atoms with Gasteiger partial charge in [-0.05, 0) is 19.9 Å². The van der Waals surface area contributed by atoms with Crippen LogP contribution < -0.4 is 0 Å². The Morgan fingerprint density at radius 1 is 1.29 bits per heavy atom. The van der Waals surface area contributed by atoms with E-state index in [0.29, 0.717) is 4.80 Å². The van der Waals surface area contributed by atoms with Gasteiger partial charge in [0.25, 0.3) is 4.80 Å². The van der Waals surface area contributed by atoms with Crippen LogP contribution in [0.3, 0.4) is 0 Å². The van der Waals surface area contributed by atoms with E-state index in [1.54, 1.807) is 0 Å². The van der Waals surface area contributed by atoms with E-state index in [4.69, 9.17) is 4.42 Å². The average molecular weight is 252 g/mol. The first-order valence-electron chi connectivity index (χ1n) is 4.37. The fraction of sp³-hybridized carbons (Fsp3) is 0.182.